The first-order valence-corrected chi connectivity index (χ1v) is 14.2. The van der Waals surface area contributed by atoms with Gasteiger partial charge in [-0.05, 0) is 42.0 Å². The van der Waals surface area contributed by atoms with Crippen molar-refractivity contribution in [2.75, 3.05) is 11.9 Å². The van der Waals surface area contributed by atoms with Crippen LogP contribution in [0.1, 0.15) is 12.1 Å². The van der Waals surface area contributed by atoms with Crippen LogP contribution >= 0.6 is 11.6 Å². The number of nitrogens with zero attached hydrogens (tertiary/aromatic N) is 4. The highest BCUT2D eigenvalue weighted by Gasteiger charge is 2.40. The number of fused-ring (bicyclic) bond motifs is 1. The molecule has 8 nitrogen and oxygen atoms in total. The van der Waals surface area contributed by atoms with E-state index in [0.29, 0.717) is 32.7 Å². The third-order valence-corrected chi connectivity index (χ3v) is 7.99. The van der Waals surface area contributed by atoms with Crippen molar-refractivity contribution in [2.45, 2.75) is 31.7 Å². The normalized spacial score (nSPS) is 16.4. The van der Waals surface area contributed by atoms with E-state index in [1.54, 1.807) is 54.6 Å². The van der Waals surface area contributed by atoms with Crippen molar-refractivity contribution in [3.8, 4) is 22.3 Å². The number of benzene rings is 3. The van der Waals surface area contributed by atoms with Gasteiger partial charge in [0.15, 0.2) is 5.82 Å². The highest BCUT2D eigenvalue weighted by molar-refractivity contribution is 6.33. The summed E-state index contributed by atoms with van der Waals surface area (Å²) in [5, 5.41) is 8.06. The summed E-state index contributed by atoms with van der Waals surface area (Å²) in [6.07, 6.45) is -0.251. The Kier molecular flexibility index (Phi) is 8.07. The van der Waals surface area contributed by atoms with Gasteiger partial charge in [0, 0.05) is 46.3 Å². The van der Waals surface area contributed by atoms with Crippen LogP contribution in [0.25, 0.3) is 33.2 Å². The zero-order chi connectivity index (χ0) is 31.0. The summed E-state index contributed by atoms with van der Waals surface area (Å²) in [5.41, 5.74) is 9.05. The molecule has 0 bridgehead atoms. The fraction of sp³-hybridized carbons (Fsp3) is 0.188. The minimum absolute atomic E-state index is 0.0862. The maximum Gasteiger partial charge on any atom is 0.247 e. The summed E-state index contributed by atoms with van der Waals surface area (Å²) < 4.78 is 44.9. The number of hydrogen-bond donors (Lipinski definition) is 2. The molecule has 2 atom stereocenters. The predicted octanol–water partition coefficient (Wildman–Crippen LogP) is 5.73. The standard InChI is InChI=1S/C32H26ClF3N6O2/c33-24-6-2-1-4-21(24)22-5-3-7-25(31(22)36)39-32(44)28-13-20(34)16-41(28)30(43)17-42-27-10-8-18(12-23(27)26(14-37)40-42)19-9-11-29(35)38-15-19/h1-12,15,20,28H,13-14,16-17,37H2,(H,39,44)/t20-,28+/m1/s1. The Morgan fingerprint density at radius 3 is 2.52 bits per heavy atom. The van der Waals surface area contributed by atoms with Crippen LogP contribution in [0.2, 0.25) is 5.02 Å². The van der Waals surface area contributed by atoms with Gasteiger partial charge in [0.05, 0.1) is 23.4 Å². The van der Waals surface area contributed by atoms with Gasteiger partial charge in [-0.15, -0.1) is 0 Å². The largest absolute Gasteiger partial charge is 0.326 e. The van der Waals surface area contributed by atoms with Gasteiger partial charge in [-0.25, -0.2) is 13.8 Å². The number of halogens is 4. The molecular weight excluding hydrogens is 593 g/mol. The van der Waals surface area contributed by atoms with E-state index in [0.717, 1.165) is 10.5 Å². The Balaban J connectivity index is 1.23. The van der Waals surface area contributed by atoms with E-state index in [4.69, 9.17) is 17.3 Å². The quantitative estimate of drug-likeness (QED) is 0.227. The zero-order valence-electron chi connectivity index (χ0n) is 23.2. The van der Waals surface area contributed by atoms with E-state index in [-0.39, 0.29) is 37.3 Å². The van der Waals surface area contributed by atoms with Gasteiger partial charge in [-0.3, -0.25) is 14.3 Å². The van der Waals surface area contributed by atoms with Crippen molar-refractivity contribution in [3.63, 3.8) is 0 Å². The summed E-state index contributed by atoms with van der Waals surface area (Å²) in [4.78, 5) is 31.7. The SMILES string of the molecule is NCc1nn(CC(=O)N2C[C@H](F)C[C@H]2C(=O)Nc2cccc(-c3ccccc3Cl)c2F)c2ccc(-c3ccc(F)nc3)cc12. The second kappa shape index (κ2) is 12.1. The Labute approximate surface area is 255 Å². The molecule has 224 valence electrons. The molecule has 0 aliphatic carbocycles. The Hall–Kier alpha value is -4.74. The van der Waals surface area contributed by atoms with Gasteiger partial charge in [0.1, 0.15) is 18.8 Å². The van der Waals surface area contributed by atoms with Crippen LogP contribution < -0.4 is 11.1 Å². The number of rotatable bonds is 7. The molecule has 3 heterocycles. The number of alkyl halides is 1. The second-order valence-corrected chi connectivity index (χ2v) is 10.8. The summed E-state index contributed by atoms with van der Waals surface area (Å²) >= 11 is 6.25. The first kappa shape index (κ1) is 29.3. The number of aromatic nitrogens is 3. The van der Waals surface area contributed by atoms with E-state index in [1.807, 2.05) is 6.07 Å². The fourth-order valence-electron chi connectivity index (χ4n) is 5.50. The number of carbonyl (C=O) groups excluding carboxylic acids is 2. The summed E-state index contributed by atoms with van der Waals surface area (Å²) in [6, 6.07) is 18.3. The fourth-order valence-corrected chi connectivity index (χ4v) is 5.74. The zero-order valence-corrected chi connectivity index (χ0v) is 23.9. The van der Waals surface area contributed by atoms with E-state index in [2.05, 4.69) is 15.4 Å². The number of nitrogens with two attached hydrogens (primary N) is 1. The molecule has 3 aromatic carbocycles. The maximum absolute atomic E-state index is 15.5. The minimum atomic E-state index is -1.44. The van der Waals surface area contributed by atoms with Gasteiger partial charge in [-0.1, -0.05) is 48.0 Å². The van der Waals surface area contributed by atoms with Gasteiger partial charge < -0.3 is 16.0 Å². The third kappa shape index (κ3) is 5.63. The van der Waals surface area contributed by atoms with Gasteiger partial charge in [0.2, 0.25) is 17.8 Å². The molecule has 6 rings (SSSR count). The lowest BCUT2D eigenvalue weighted by Gasteiger charge is -2.24. The molecule has 3 N–H and O–H groups in total. The van der Waals surface area contributed by atoms with E-state index < -0.39 is 35.8 Å². The van der Waals surface area contributed by atoms with Crippen molar-refractivity contribution in [1.82, 2.24) is 19.7 Å². The van der Waals surface area contributed by atoms with Crippen molar-refractivity contribution >= 4 is 40.0 Å². The third-order valence-electron chi connectivity index (χ3n) is 7.66. The van der Waals surface area contributed by atoms with Crippen LogP contribution in [0.15, 0.2) is 79.0 Å². The minimum Gasteiger partial charge on any atom is -0.326 e. The first-order valence-electron chi connectivity index (χ1n) is 13.8. The first-order chi connectivity index (χ1) is 21.2. The smallest absolute Gasteiger partial charge is 0.247 e. The Morgan fingerprint density at radius 2 is 1.77 bits per heavy atom. The highest BCUT2D eigenvalue weighted by atomic mass is 35.5. The topological polar surface area (TPSA) is 106 Å². The van der Waals surface area contributed by atoms with Crippen molar-refractivity contribution in [1.29, 1.82) is 0 Å². The summed E-state index contributed by atoms with van der Waals surface area (Å²) in [7, 11) is 0. The highest BCUT2D eigenvalue weighted by Crippen LogP contribution is 2.33. The molecule has 1 aliphatic rings. The number of carbonyl (C=O) groups is 2. The van der Waals surface area contributed by atoms with E-state index in [1.165, 1.54) is 23.0 Å². The number of likely N-dealkylation sites (tertiary alicyclic amines) is 1. The summed E-state index contributed by atoms with van der Waals surface area (Å²) in [6.45, 7) is -0.479. The molecule has 12 heteroatoms. The number of nitrogens with one attached hydrogen (secondary N) is 1. The van der Waals surface area contributed by atoms with Crippen molar-refractivity contribution < 1.29 is 22.8 Å². The van der Waals surface area contributed by atoms with Gasteiger partial charge >= 0.3 is 0 Å². The molecular formula is C32H26ClF3N6O2. The van der Waals surface area contributed by atoms with Crippen molar-refractivity contribution in [3.05, 3.63) is 101 Å². The number of anilines is 1. The van der Waals surface area contributed by atoms with Crippen LogP contribution in [0.4, 0.5) is 18.9 Å². The molecule has 0 unspecified atom stereocenters. The van der Waals surface area contributed by atoms with Crippen LogP contribution in [0.3, 0.4) is 0 Å². The molecule has 0 radical (unpaired) electrons. The molecule has 44 heavy (non-hydrogen) atoms. The molecule has 0 spiro atoms. The lowest BCUT2D eigenvalue weighted by atomic mass is 10.0. The predicted molar refractivity (Wildman–Crippen MR) is 161 cm³/mol. The molecule has 1 fully saturated rings. The van der Waals surface area contributed by atoms with Gasteiger partial charge in [0.25, 0.3) is 0 Å². The number of hydrogen-bond acceptors (Lipinski definition) is 5. The molecule has 5 aromatic rings. The summed E-state index contributed by atoms with van der Waals surface area (Å²) in [5.74, 6) is -2.53. The Morgan fingerprint density at radius 1 is 1.00 bits per heavy atom. The second-order valence-electron chi connectivity index (χ2n) is 10.4. The van der Waals surface area contributed by atoms with Crippen LogP contribution in [-0.4, -0.2) is 50.2 Å². The maximum atomic E-state index is 15.5. The molecule has 0 saturated carbocycles. The van der Waals surface area contributed by atoms with Crippen LogP contribution in [-0.2, 0) is 22.7 Å². The lowest BCUT2D eigenvalue weighted by molar-refractivity contribution is -0.137. The molecule has 1 saturated heterocycles. The van der Waals surface area contributed by atoms with Crippen molar-refractivity contribution in [2.24, 2.45) is 5.73 Å². The van der Waals surface area contributed by atoms with Crippen LogP contribution in [0, 0.1) is 11.8 Å². The van der Waals surface area contributed by atoms with Crippen LogP contribution in [0.5, 0.6) is 0 Å². The number of amides is 2. The van der Waals surface area contributed by atoms with Gasteiger partial charge in [-0.2, -0.15) is 9.49 Å². The average Bonchev–Trinajstić information content (AvgIpc) is 3.59. The molecule has 2 aromatic heterocycles. The lowest BCUT2D eigenvalue weighted by Crippen LogP contribution is -2.44. The molecule has 2 amide bonds. The number of pyridine rings is 1. The molecule has 1 aliphatic heterocycles. The monoisotopic (exact) mass is 618 g/mol. The van der Waals surface area contributed by atoms with E-state index in [9.17, 15) is 18.4 Å². The Bertz CT molecular complexity index is 1880. The van der Waals surface area contributed by atoms with E-state index >= 15 is 4.39 Å². The average molecular weight is 619 g/mol.